The van der Waals surface area contributed by atoms with E-state index in [0.717, 1.165) is 41.1 Å². The van der Waals surface area contributed by atoms with Crippen LogP contribution in [0.2, 0.25) is 0 Å². The van der Waals surface area contributed by atoms with Crippen LogP contribution < -0.4 is 5.32 Å². The molecule has 1 aliphatic rings. The van der Waals surface area contributed by atoms with Gasteiger partial charge in [0.1, 0.15) is 11.6 Å². The van der Waals surface area contributed by atoms with E-state index in [-0.39, 0.29) is 11.5 Å². The van der Waals surface area contributed by atoms with Gasteiger partial charge in [0.05, 0.1) is 0 Å². The predicted octanol–water partition coefficient (Wildman–Crippen LogP) is 7.88. The molecule has 0 amide bonds. The van der Waals surface area contributed by atoms with Crippen molar-refractivity contribution in [2.24, 2.45) is 4.99 Å². The van der Waals surface area contributed by atoms with Crippen LogP contribution in [0.1, 0.15) is 78.9 Å². The van der Waals surface area contributed by atoms with Crippen LogP contribution in [0.4, 0.5) is 0 Å². The molecule has 0 spiro atoms. The topological polar surface area (TPSA) is 61.7 Å². The Hall–Kier alpha value is -3.40. The summed E-state index contributed by atoms with van der Waals surface area (Å²) in [6, 6.07) is 5.31. The molecule has 2 rings (SSSR count). The molecule has 186 valence electrons. The fourth-order valence-electron chi connectivity index (χ4n) is 4.04. The van der Waals surface area contributed by atoms with E-state index in [1.165, 1.54) is 23.6 Å². The normalized spacial score (nSPS) is 16.1. The lowest BCUT2D eigenvalue weighted by Crippen LogP contribution is -2.23. The second-order valence-corrected chi connectivity index (χ2v) is 9.07. The van der Waals surface area contributed by atoms with Gasteiger partial charge in [0.2, 0.25) is 0 Å². The fraction of sp³-hybridized carbons (Fsp3) is 0.355. The number of carbonyl (C=O) groups excluding carboxylic acids is 1. The number of rotatable bonds is 8. The monoisotopic (exact) mass is 472 g/mol. The first-order valence-corrected chi connectivity index (χ1v) is 12.4. The van der Waals surface area contributed by atoms with Crippen LogP contribution in [-0.2, 0) is 4.79 Å². The number of benzene rings is 1. The van der Waals surface area contributed by atoms with Gasteiger partial charge in [-0.3, -0.25) is 4.79 Å². The number of amidine groups is 1. The van der Waals surface area contributed by atoms with E-state index >= 15 is 0 Å². The molecule has 0 fully saturated rings. The molecule has 1 heterocycles. The first-order chi connectivity index (χ1) is 16.6. The van der Waals surface area contributed by atoms with E-state index < -0.39 is 0 Å². The van der Waals surface area contributed by atoms with Crippen LogP contribution >= 0.6 is 0 Å². The van der Waals surface area contributed by atoms with Gasteiger partial charge in [-0.25, -0.2) is 4.99 Å². The Morgan fingerprint density at radius 3 is 2.43 bits per heavy atom. The van der Waals surface area contributed by atoms with Crippen LogP contribution in [0.25, 0.3) is 5.57 Å². The van der Waals surface area contributed by atoms with Crippen molar-refractivity contribution in [3.8, 4) is 5.75 Å². The molecule has 1 aromatic rings. The van der Waals surface area contributed by atoms with Crippen molar-refractivity contribution in [2.45, 2.75) is 74.7 Å². The van der Waals surface area contributed by atoms with Gasteiger partial charge in [0.15, 0.2) is 5.78 Å². The van der Waals surface area contributed by atoms with Crippen LogP contribution in [0.15, 0.2) is 87.3 Å². The lowest BCUT2D eigenvalue weighted by atomic mass is 9.91. The molecule has 0 saturated heterocycles. The number of ketones is 1. The highest BCUT2D eigenvalue weighted by molar-refractivity contribution is 6.21. The fourth-order valence-corrected chi connectivity index (χ4v) is 4.04. The Morgan fingerprint density at radius 1 is 1.14 bits per heavy atom. The standard InChI is InChI=1S/C31H40N2O2/c1-9-20(4)15-16-28(21(5)10-2)33-30-17-23(7)26(11-3)25(19-32-30)18-27(24(8)34)31-22(6)13-12-14-29(31)35/h9,12-16,18-19,35H,10-11,17H2,1-8H3,(H,32,33)/b16-15-,20-9-,27-18+,28-21+. The van der Waals surface area contributed by atoms with Crippen LogP contribution in [0, 0.1) is 6.92 Å². The molecule has 0 saturated carbocycles. The number of aryl methyl sites for hydroxylation is 1. The van der Waals surface area contributed by atoms with E-state index in [9.17, 15) is 9.90 Å². The number of phenolic OH excluding ortho intramolecular Hbond substituents is 1. The number of phenols is 1. The second kappa shape index (κ2) is 12.9. The number of Topliss-reactive ketones (excluding diaryl/α,β-unsaturated/α-hetero) is 1. The maximum atomic E-state index is 12.7. The number of aliphatic imine (C=N–C) groups is 1. The molecule has 1 aromatic carbocycles. The number of allylic oxidation sites excluding steroid dienone is 9. The van der Waals surface area contributed by atoms with Gasteiger partial charge in [-0.05, 0) is 89.3 Å². The van der Waals surface area contributed by atoms with Gasteiger partial charge in [-0.15, -0.1) is 0 Å². The Morgan fingerprint density at radius 2 is 1.86 bits per heavy atom. The van der Waals surface area contributed by atoms with Crippen molar-refractivity contribution in [2.75, 3.05) is 0 Å². The lowest BCUT2D eigenvalue weighted by molar-refractivity contribution is -0.111. The summed E-state index contributed by atoms with van der Waals surface area (Å²) in [5, 5.41) is 14.1. The number of carbonyl (C=O) groups is 1. The van der Waals surface area contributed by atoms with Gasteiger partial charge in [0.25, 0.3) is 0 Å². The lowest BCUT2D eigenvalue weighted by Gasteiger charge is -2.15. The van der Waals surface area contributed by atoms with Crippen molar-refractivity contribution < 1.29 is 9.90 Å². The quantitative estimate of drug-likeness (QED) is 0.299. The second-order valence-electron chi connectivity index (χ2n) is 9.07. The van der Waals surface area contributed by atoms with Crippen molar-refractivity contribution >= 4 is 17.2 Å². The summed E-state index contributed by atoms with van der Waals surface area (Å²) in [5.74, 6) is 0.882. The molecule has 0 unspecified atom stereocenters. The zero-order valence-electron chi connectivity index (χ0n) is 22.5. The third kappa shape index (κ3) is 7.29. The molecule has 35 heavy (non-hydrogen) atoms. The maximum Gasteiger partial charge on any atom is 0.160 e. The summed E-state index contributed by atoms with van der Waals surface area (Å²) >= 11 is 0. The minimum atomic E-state index is -0.0940. The third-order valence-corrected chi connectivity index (χ3v) is 6.45. The molecule has 0 radical (unpaired) electrons. The Labute approximate surface area is 211 Å². The molecule has 0 aliphatic carbocycles. The van der Waals surface area contributed by atoms with E-state index in [1.807, 2.05) is 32.2 Å². The van der Waals surface area contributed by atoms with E-state index in [4.69, 9.17) is 4.99 Å². The maximum absolute atomic E-state index is 12.7. The van der Waals surface area contributed by atoms with Gasteiger partial charge in [-0.2, -0.15) is 0 Å². The van der Waals surface area contributed by atoms with E-state index in [1.54, 1.807) is 12.1 Å². The minimum Gasteiger partial charge on any atom is -0.507 e. The molecule has 4 nitrogen and oxygen atoms in total. The van der Waals surface area contributed by atoms with Crippen LogP contribution in [0.5, 0.6) is 5.75 Å². The molecule has 0 aromatic heterocycles. The molecular formula is C31H40N2O2. The Bertz CT molecular complexity index is 1160. The van der Waals surface area contributed by atoms with Gasteiger partial charge in [0, 0.05) is 29.5 Å². The largest absolute Gasteiger partial charge is 0.507 e. The molecule has 0 bridgehead atoms. The first-order valence-electron chi connectivity index (χ1n) is 12.4. The van der Waals surface area contributed by atoms with Gasteiger partial charge < -0.3 is 10.4 Å². The highest BCUT2D eigenvalue weighted by atomic mass is 16.3. The summed E-state index contributed by atoms with van der Waals surface area (Å²) in [6.07, 6.45) is 12.5. The zero-order chi connectivity index (χ0) is 26.1. The van der Waals surface area contributed by atoms with Gasteiger partial charge >= 0.3 is 0 Å². The Kier molecular flexibility index (Phi) is 10.3. The van der Waals surface area contributed by atoms with Crippen LogP contribution in [0.3, 0.4) is 0 Å². The SMILES string of the molecule is C\C=C(C)/C=C\C(NC1=NC=C(/C=C(\C(C)=O)c2c(C)cccc2O)C(CC)=C(C)C1)=C(\C)CC. The summed E-state index contributed by atoms with van der Waals surface area (Å²) in [6.45, 7) is 16.1. The summed E-state index contributed by atoms with van der Waals surface area (Å²) < 4.78 is 0. The summed E-state index contributed by atoms with van der Waals surface area (Å²) in [5.41, 5.74) is 8.70. The minimum absolute atomic E-state index is 0.0940. The average Bonchev–Trinajstić information content (AvgIpc) is 2.97. The summed E-state index contributed by atoms with van der Waals surface area (Å²) in [7, 11) is 0. The van der Waals surface area contributed by atoms with Crippen molar-refractivity contribution in [3.05, 3.63) is 93.4 Å². The van der Waals surface area contributed by atoms with E-state index in [0.29, 0.717) is 17.6 Å². The van der Waals surface area contributed by atoms with Gasteiger partial charge in [-0.1, -0.05) is 54.9 Å². The van der Waals surface area contributed by atoms with Crippen molar-refractivity contribution in [1.29, 1.82) is 0 Å². The highest BCUT2D eigenvalue weighted by Gasteiger charge is 2.18. The average molecular weight is 473 g/mol. The van der Waals surface area contributed by atoms with Crippen LogP contribution in [-0.4, -0.2) is 16.7 Å². The van der Waals surface area contributed by atoms with E-state index in [2.05, 4.69) is 58.2 Å². The number of hydrogen-bond donors (Lipinski definition) is 2. The predicted molar refractivity (Wildman–Crippen MR) is 149 cm³/mol. The molecule has 2 N–H and O–H groups in total. The highest BCUT2D eigenvalue weighted by Crippen LogP contribution is 2.33. The number of aromatic hydroxyl groups is 1. The van der Waals surface area contributed by atoms with Crippen molar-refractivity contribution in [1.82, 2.24) is 5.32 Å². The molecule has 1 aliphatic heterocycles. The number of nitrogens with zero attached hydrogens (tertiary/aromatic N) is 1. The first kappa shape index (κ1) is 27.8. The molecule has 0 atom stereocenters. The number of nitrogens with one attached hydrogen (secondary N) is 1. The van der Waals surface area contributed by atoms with Crippen molar-refractivity contribution in [3.63, 3.8) is 0 Å². The molecule has 4 heteroatoms. The number of hydrogen-bond acceptors (Lipinski definition) is 4. The molecular weight excluding hydrogens is 432 g/mol. The Balaban J connectivity index is 2.59. The smallest absolute Gasteiger partial charge is 0.160 e. The zero-order valence-corrected chi connectivity index (χ0v) is 22.5. The third-order valence-electron chi connectivity index (χ3n) is 6.45. The summed E-state index contributed by atoms with van der Waals surface area (Å²) in [4.78, 5) is 17.5.